The molecule has 3 aliphatic rings. The summed E-state index contributed by atoms with van der Waals surface area (Å²) >= 11 is 6.60. The molecular weight excluding hydrogens is 684 g/mol. The number of imide groups is 1. The molecule has 15 heteroatoms. The van der Waals surface area contributed by atoms with Gasteiger partial charge < -0.3 is 20.6 Å². The second-order valence-electron chi connectivity index (χ2n) is 14.7. The van der Waals surface area contributed by atoms with E-state index in [0.717, 1.165) is 72.1 Å². The number of carbonyl (C=O) groups is 2. The average Bonchev–Trinajstić information content (AvgIpc) is 3.55. The lowest BCUT2D eigenvalue weighted by atomic mass is 9.78. The van der Waals surface area contributed by atoms with E-state index in [1.807, 2.05) is 37.4 Å². The highest BCUT2D eigenvalue weighted by molar-refractivity contribution is 6.33. The predicted octanol–water partition coefficient (Wildman–Crippen LogP) is 4.57. The van der Waals surface area contributed by atoms with E-state index in [1.54, 1.807) is 27.1 Å². The topological polar surface area (TPSA) is 164 Å². The van der Waals surface area contributed by atoms with E-state index in [2.05, 4.69) is 43.9 Å². The van der Waals surface area contributed by atoms with Crippen LogP contribution in [0.1, 0.15) is 63.5 Å². The standard InChI is InChI=1S/C37H43ClN10O4/c1-21-20-47(15-11-27(21)40-22-5-7-24-29(17-22)46(3)44-32(24)25-8-10-31(49)42-34(25)50)35-39-19-26(38)33(43-35)41-23-6-9-28-30(18-23)48(36(51)45(28)2)16-14-37(52)12-4-13-37/h5-7,9,17-19,21,25,27,40,52H,4,8,10-16,20H2,1-3H3,(H,39,41,43)(H,42,49,50)/t21-,25?,27-/m1/s1. The molecule has 8 rings (SSSR count). The Morgan fingerprint density at radius 1 is 1.04 bits per heavy atom. The van der Waals surface area contributed by atoms with E-state index in [-0.39, 0.29) is 29.5 Å². The summed E-state index contributed by atoms with van der Waals surface area (Å²) < 4.78 is 5.17. The zero-order valence-electron chi connectivity index (χ0n) is 29.5. The van der Waals surface area contributed by atoms with Crippen molar-refractivity contribution in [2.75, 3.05) is 28.6 Å². The molecule has 0 bridgehead atoms. The zero-order chi connectivity index (χ0) is 36.3. The number of hydrogen-bond donors (Lipinski definition) is 4. The van der Waals surface area contributed by atoms with Gasteiger partial charge in [-0.3, -0.25) is 28.7 Å². The highest BCUT2D eigenvalue weighted by atomic mass is 35.5. The summed E-state index contributed by atoms with van der Waals surface area (Å²) in [6.07, 6.45) is 6.36. The molecule has 4 N–H and O–H groups in total. The van der Waals surface area contributed by atoms with Crippen molar-refractivity contribution >= 4 is 68.5 Å². The number of amides is 2. The van der Waals surface area contributed by atoms with Crippen LogP contribution in [0, 0.1) is 5.92 Å². The van der Waals surface area contributed by atoms with E-state index in [9.17, 15) is 19.5 Å². The van der Waals surface area contributed by atoms with Crippen molar-refractivity contribution in [1.29, 1.82) is 0 Å². The number of nitrogens with zero attached hydrogens (tertiary/aromatic N) is 7. The first-order chi connectivity index (χ1) is 25.0. The van der Waals surface area contributed by atoms with Gasteiger partial charge in [0.05, 0.1) is 40.0 Å². The lowest BCUT2D eigenvalue weighted by Crippen LogP contribution is -2.46. The fourth-order valence-electron chi connectivity index (χ4n) is 7.94. The van der Waals surface area contributed by atoms with Crippen LogP contribution >= 0.6 is 11.6 Å². The minimum absolute atomic E-state index is 0.110. The molecule has 5 aromatic rings. The first kappa shape index (κ1) is 34.2. The van der Waals surface area contributed by atoms with Gasteiger partial charge in [-0.15, -0.1) is 0 Å². The third kappa shape index (κ3) is 6.27. The van der Waals surface area contributed by atoms with Crippen LogP contribution in [-0.2, 0) is 30.2 Å². The van der Waals surface area contributed by atoms with Crippen molar-refractivity contribution < 1.29 is 14.7 Å². The second kappa shape index (κ2) is 13.2. The van der Waals surface area contributed by atoms with Crippen molar-refractivity contribution in [3.63, 3.8) is 0 Å². The molecule has 272 valence electrons. The lowest BCUT2D eigenvalue weighted by Gasteiger charge is -2.37. The summed E-state index contributed by atoms with van der Waals surface area (Å²) in [6.45, 7) is 4.13. The number of carbonyl (C=O) groups excluding carboxylic acids is 2. The van der Waals surface area contributed by atoms with Gasteiger partial charge in [-0.05, 0) is 80.8 Å². The molecule has 2 aromatic carbocycles. The van der Waals surface area contributed by atoms with Crippen molar-refractivity contribution in [1.82, 2.24) is 34.2 Å². The van der Waals surface area contributed by atoms with Crippen molar-refractivity contribution in [3.8, 4) is 0 Å². The smallest absolute Gasteiger partial charge is 0.328 e. The Bertz CT molecular complexity index is 2270. The molecule has 3 aromatic heterocycles. The molecule has 0 radical (unpaired) electrons. The minimum Gasteiger partial charge on any atom is -0.390 e. The Morgan fingerprint density at radius 3 is 2.58 bits per heavy atom. The van der Waals surface area contributed by atoms with E-state index < -0.39 is 11.5 Å². The van der Waals surface area contributed by atoms with Crippen LogP contribution in [0.25, 0.3) is 21.9 Å². The Balaban J connectivity index is 0.947. The summed E-state index contributed by atoms with van der Waals surface area (Å²) in [5.74, 6) is 0.364. The largest absolute Gasteiger partial charge is 0.390 e. The van der Waals surface area contributed by atoms with Gasteiger partial charge in [0.1, 0.15) is 5.02 Å². The number of aryl methyl sites for hydroxylation is 3. The van der Waals surface area contributed by atoms with Crippen LogP contribution in [0.3, 0.4) is 0 Å². The summed E-state index contributed by atoms with van der Waals surface area (Å²) in [6, 6.07) is 12.1. The summed E-state index contributed by atoms with van der Waals surface area (Å²) in [4.78, 5) is 48.9. The number of aliphatic hydroxyl groups is 1. The minimum atomic E-state index is -0.677. The van der Waals surface area contributed by atoms with Crippen molar-refractivity contribution in [3.05, 3.63) is 63.8 Å². The predicted molar refractivity (Wildman–Crippen MR) is 200 cm³/mol. The lowest BCUT2D eigenvalue weighted by molar-refractivity contribution is -0.134. The maximum absolute atomic E-state index is 13.1. The monoisotopic (exact) mass is 726 g/mol. The third-order valence-corrected chi connectivity index (χ3v) is 11.5. The summed E-state index contributed by atoms with van der Waals surface area (Å²) in [5.41, 5.74) is 4.15. The number of hydrogen-bond acceptors (Lipinski definition) is 10. The van der Waals surface area contributed by atoms with Gasteiger partial charge in [-0.2, -0.15) is 10.1 Å². The maximum atomic E-state index is 13.1. The number of halogens is 1. The Morgan fingerprint density at radius 2 is 1.83 bits per heavy atom. The molecule has 52 heavy (non-hydrogen) atoms. The van der Waals surface area contributed by atoms with Crippen molar-refractivity contribution in [2.45, 2.75) is 76.0 Å². The number of benzene rings is 2. The Hall–Kier alpha value is -4.95. The van der Waals surface area contributed by atoms with Gasteiger partial charge in [0.2, 0.25) is 17.8 Å². The van der Waals surface area contributed by atoms with Gasteiger partial charge >= 0.3 is 5.69 Å². The molecule has 2 amide bonds. The van der Waals surface area contributed by atoms with Gasteiger partial charge in [0.25, 0.3) is 0 Å². The SMILES string of the molecule is C[C@@H]1CN(c2ncc(Cl)c(Nc3ccc4c(c3)n(CCC3(O)CCC3)c(=O)n4C)n2)CC[C@H]1Nc1ccc2c(C3CCC(=O)NC3=O)nn(C)c2c1. The normalized spacial score (nSPS) is 21.7. The first-order valence-corrected chi connectivity index (χ1v) is 18.4. The molecule has 0 spiro atoms. The number of nitrogens with one attached hydrogen (secondary N) is 3. The molecule has 3 fully saturated rings. The average molecular weight is 727 g/mol. The van der Waals surface area contributed by atoms with Gasteiger partial charge in [-0.25, -0.2) is 9.78 Å². The maximum Gasteiger partial charge on any atom is 0.328 e. The highest BCUT2D eigenvalue weighted by Crippen LogP contribution is 2.36. The van der Waals surface area contributed by atoms with Crippen LogP contribution in [0.4, 0.5) is 23.1 Å². The summed E-state index contributed by atoms with van der Waals surface area (Å²) in [5, 5.41) is 26.1. The van der Waals surface area contributed by atoms with Gasteiger partial charge in [0.15, 0.2) is 5.82 Å². The molecule has 1 unspecified atom stereocenters. The Kier molecular flexibility index (Phi) is 8.69. The fourth-order valence-corrected chi connectivity index (χ4v) is 8.07. The molecule has 2 aliphatic heterocycles. The van der Waals surface area contributed by atoms with E-state index in [0.29, 0.717) is 48.3 Å². The molecule has 14 nitrogen and oxygen atoms in total. The number of piperidine rings is 2. The van der Waals surface area contributed by atoms with Crippen LogP contribution in [0.2, 0.25) is 5.02 Å². The van der Waals surface area contributed by atoms with E-state index >= 15 is 0 Å². The molecule has 5 heterocycles. The van der Waals surface area contributed by atoms with E-state index in [1.165, 1.54) is 0 Å². The molecule has 2 saturated heterocycles. The zero-order valence-corrected chi connectivity index (χ0v) is 30.3. The second-order valence-corrected chi connectivity index (χ2v) is 15.1. The number of rotatable bonds is 9. The number of fused-ring (bicyclic) bond motifs is 2. The number of aromatic nitrogens is 6. The van der Waals surface area contributed by atoms with Crippen molar-refractivity contribution in [2.24, 2.45) is 20.0 Å². The third-order valence-electron chi connectivity index (χ3n) is 11.2. The number of imidazole rings is 1. The first-order valence-electron chi connectivity index (χ1n) is 18.0. The molecular formula is C37H43ClN10O4. The summed E-state index contributed by atoms with van der Waals surface area (Å²) in [7, 11) is 3.64. The van der Waals surface area contributed by atoms with E-state index in [4.69, 9.17) is 16.6 Å². The Labute approximate surface area is 305 Å². The van der Waals surface area contributed by atoms with Crippen LogP contribution in [0.5, 0.6) is 0 Å². The number of anilines is 4. The van der Waals surface area contributed by atoms with Gasteiger partial charge in [0, 0.05) is 63.0 Å². The van der Waals surface area contributed by atoms with Crippen LogP contribution in [0.15, 0.2) is 47.4 Å². The van der Waals surface area contributed by atoms with Crippen LogP contribution < -0.4 is 26.5 Å². The highest BCUT2D eigenvalue weighted by Gasteiger charge is 2.35. The fraction of sp³-hybridized carbons (Fsp3) is 0.459. The van der Waals surface area contributed by atoms with Crippen LogP contribution in [-0.4, -0.2) is 70.5 Å². The molecule has 1 aliphatic carbocycles. The quantitative estimate of drug-likeness (QED) is 0.158. The van der Waals surface area contributed by atoms with Gasteiger partial charge in [-0.1, -0.05) is 18.5 Å². The molecule has 1 saturated carbocycles. The molecule has 3 atom stereocenters.